The number of benzene rings is 3. The molecule has 3 nitrogen and oxygen atoms in total. The molecule has 130 valence electrons. The van der Waals surface area contributed by atoms with Crippen molar-refractivity contribution < 1.29 is 9.84 Å². The van der Waals surface area contributed by atoms with Crippen LogP contribution in [0.5, 0.6) is 11.5 Å². The van der Waals surface area contributed by atoms with Gasteiger partial charge in [0.1, 0.15) is 11.5 Å². The topological polar surface area (TPSA) is 45.2 Å². The monoisotopic (exact) mass is 343 g/mol. The molecule has 0 saturated heterocycles. The van der Waals surface area contributed by atoms with Gasteiger partial charge in [-0.3, -0.25) is 0 Å². The minimum absolute atomic E-state index is 0.218. The zero-order chi connectivity index (χ0) is 17.8. The summed E-state index contributed by atoms with van der Waals surface area (Å²) >= 11 is 0. The van der Waals surface area contributed by atoms with E-state index in [-0.39, 0.29) is 6.61 Å². The van der Waals surface area contributed by atoms with Gasteiger partial charge in [-0.05, 0) is 65.9 Å². The highest BCUT2D eigenvalue weighted by molar-refractivity contribution is 5.88. The summed E-state index contributed by atoms with van der Waals surface area (Å²) in [5, 5.41) is 10.3. The molecule has 0 aliphatic heterocycles. The number of aromatic nitrogens is 1. The number of aliphatic hydroxyl groups is 1. The Kier molecular flexibility index (Phi) is 4.71. The smallest absolute Gasteiger partial charge is 0.127 e. The molecule has 0 saturated carbocycles. The quantitative estimate of drug-likeness (QED) is 0.482. The van der Waals surface area contributed by atoms with Gasteiger partial charge < -0.3 is 14.8 Å². The van der Waals surface area contributed by atoms with Crippen LogP contribution in [0.25, 0.3) is 22.0 Å². The standard InChI is InChI=1S/C23H21NO2/c25-14-4-5-19-16-24-23-13-10-18(15-22(19)23)17-8-11-21(12-9-17)26-20-6-2-1-3-7-20/h1-3,6-13,15-16,24-25H,4-5,14H2. The van der Waals surface area contributed by atoms with Crippen LogP contribution in [-0.2, 0) is 6.42 Å². The molecule has 0 amide bonds. The molecule has 0 aliphatic rings. The van der Waals surface area contributed by atoms with Crippen LogP contribution in [0, 0.1) is 0 Å². The average molecular weight is 343 g/mol. The lowest BCUT2D eigenvalue weighted by atomic mass is 10.0. The Balaban J connectivity index is 1.58. The SMILES string of the molecule is OCCCc1c[nH]c2ccc(-c3ccc(Oc4ccccc4)cc3)cc12. The van der Waals surface area contributed by atoms with Crippen molar-refractivity contribution in [1.29, 1.82) is 0 Å². The average Bonchev–Trinajstić information content (AvgIpc) is 3.10. The van der Waals surface area contributed by atoms with Gasteiger partial charge in [-0.25, -0.2) is 0 Å². The van der Waals surface area contributed by atoms with E-state index in [0.717, 1.165) is 35.4 Å². The van der Waals surface area contributed by atoms with E-state index >= 15 is 0 Å². The normalized spacial score (nSPS) is 11.0. The lowest BCUT2D eigenvalue weighted by Gasteiger charge is -2.07. The van der Waals surface area contributed by atoms with Crippen molar-refractivity contribution >= 4 is 10.9 Å². The molecule has 4 rings (SSSR count). The van der Waals surface area contributed by atoms with E-state index in [0.29, 0.717) is 0 Å². The summed E-state index contributed by atoms with van der Waals surface area (Å²) in [4.78, 5) is 3.31. The number of H-pyrrole nitrogens is 1. The van der Waals surface area contributed by atoms with Crippen LogP contribution in [0.15, 0.2) is 79.0 Å². The van der Waals surface area contributed by atoms with Gasteiger partial charge in [0, 0.05) is 23.7 Å². The summed E-state index contributed by atoms with van der Waals surface area (Å²) < 4.78 is 5.86. The van der Waals surface area contributed by atoms with Gasteiger partial charge >= 0.3 is 0 Å². The molecule has 0 unspecified atom stereocenters. The Hall–Kier alpha value is -3.04. The molecule has 0 radical (unpaired) electrons. The van der Waals surface area contributed by atoms with Crippen molar-refractivity contribution in [3.05, 3.63) is 84.6 Å². The second kappa shape index (κ2) is 7.46. The fourth-order valence-electron chi connectivity index (χ4n) is 3.17. The maximum atomic E-state index is 9.08. The highest BCUT2D eigenvalue weighted by atomic mass is 16.5. The van der Waals surface area contributed by atoms with Crippen molar-refractivity contribution in [3.8, 4) is 22.6 Å². The Morgan fingerprint density at radius 1 is 0.808 bits per heavy atom. The van der Waals surface area contributed by atoms with Crippen molar-refractivity contribution in [2.45, 2.75) is 12.8 Å². The number of fused-ring (bicyclic) bond motifs is 1. The van der Waals surface area contributed by atoms with Gasteiger partial charge in [0.05, 0.1) is 0 Å². The van der Waals surface area contributed by atoms with Crippen LogP contribution in [0.1, 0.15) is 12.0 Å². The first-order valence-electron chi connectivity index (χ1n) is 8.88. The number of aryl methyl sites for hydroxylation is 1. The summed E-state index contributed by atoms with van der Waals surface area (Å²) in [5.41, 5.74) is 4.71. The molecular formula is C23H21NO2. The Morgan fingerprint density at radius 2 is 1.54 bits per heavy atom. The number of ether oxygens (including phenoxy) is 1. The number of para-hydroxylation sites is 1. The van der Waals surface area contributed by atoms with Crippen molar-refractivity contribution in [2.24, 2.45) is 0 Å². The van der Waals surface area contributed by atoms with Crippen molar-refractivity contribution in [1.82, 2.24) is 4.98 Å². The Labute approximate surface area is 152 Å². The lowest BCUT2D eigenvalue weighted by molar-refractivity contribution is 0.289. The molecule has 0 aliphatic carbocycles. The van der Waals surface area contributed by atoms with Gasteiger partial charge in [0.2, 0.25) is 0 Å². The molecule has 1 aromatic heterocycles. The summed E-state index contributed by atoms with van der Waals surface area (Å²) in [6.07, 6.45) is 3.70. The van der Waals surface area contributed by atoms with Crippen LogP contribution in [0.3, 0.4) is 0 Å². The largest absolute Gasteiger partial charge is 0.457 e. The highest BCUT2D eigenvalue weighted by Gasteiger charge is 2.06. The zero-order valence-electron chi connectivity index (χ0n) is 14.5. The lowest BCUT2D eigenvalue weighted by Crippen LogP contribution is -1.88. The predicted octanol–water partition coefficient (Wildman–Crippen LogP) is 5.55. The second-order valence-corrected chi connectivity index (χ2v) is 6.34. The molecule has 1 heterocycles. The molecule has 0 atom stereocenters. The number of hydrogen-bond donors (Lipinski definition) is 2. The van der Waals surface area contributed by atoms with E-state index in [4.69, 9.17) is 9.84 Å². The molecule has 26 heavy (non-hydrogen) atoms. The first-order valence-corrected chi connectivity index (χ1v) is 8.88. The van der Waals surface area contributed by atoms with Gasteiger partial charge in [0.15, 0.2) is 0 Å². The third-order valence-corrected chi connectivity index (χ3v) is 4.54. The fourth-order valence-corrected chi connectivity index (χ4v) is 3.17. The van der Waals surface area contributed by atoms with Crippen molar-refractivity contribution in [2.75, 3.05) is 6.61 Å². The highest BCUT2D eigenvalue weighted by Crippen LogP contribution is 2.29. The second-order valence-electron chi connectivity index (χ2n) is 6.34. The molecule has 3 heteroatoms. The first kappa shape index (κ1) is 16.4. The third-order valence-electron chi connectivity index (χ3n) is 4.54. The summed E-state index contributed by atoms with van der Waals surface area (Å²) in [6, 6.07) is 24.4. The van der Waals surface area contributed by atoms with Gasteiger partial charge in [-0.15, -0.1) is 0 Å². The molecule has 0 bridgehead atoms. The van der Waals surface area contributed by atoms with E-state index < -0.39 is 0 Å². The summed E-state index contributed by atoms with van der Waals surface area (Å²) in [5.74, 6) is 1.66. The van der Waals surface area contributed by atoms with Gasteiger partial charge in [0.25, 0.3) is 0 Å². The number of nitrogens with one attached hydrogen (secondary N) is 1. The number of rotatable bonds is 6. The Morgan fingerprint density at radius 3 is 2.31 bits per heavy atom. The molecule has 0 fully saturated rings. The molecular weight excluding hydrogens is 322 g/mol. The fraction of sp³-hybridized carbons (Fsp3) is 0.130. The van der Waals surface area contributed by atoms with Crippen molar-refractivity contribution in [3.63, 3.8) is 0 Å². The van der Waals surface area contributed by atoms with Crippen LogP contribution >= 0.6 is 0 Å². The first-order chi connectivity index (χ1) is 12.8. The minimum atomic E-state index is 0.218. The molecule has 0 spiro atoms. The predicted molar refractivity (Wildman–Crippen MR) is 106 cm³/mol. The van der Waals surface area contributed by atoms with Crippen LogP contribution in [0.2, 0.25) is 0 Å². The van der Waals surface area contributed by atoms with E-state index in [1.54, 1.807) is 0 Å². The molecule has 2 N–H and O–H groups in total. The maximum absolute atomic E-state index is 9.08. The third kappa shape index (κ3) is 3.48. The number of aliphatic hydroxyl groups excluding tert-OH is 1. The van der Waals surface area contributed by atoms with Crippen LogP contribution in [-0.4, -0.2) is 16.7 Å². The Bertz CT molecular complexity index is 988. The molecule has 4 aromatic rings. The van der Waals surface area contributed by atoms with E-state index in [2.05, 4.69) is 35.3 Å². The van der Waals surface area contributed by atoms with E-state index in [1.165, 1.54) is 16.5 Å². The molecule has 3 aromatic carbocycles. The van der Waals surface area contributed by atoms with Crippen LogP contribution in [0.4, 0.5) is 0 Å². The van der Waals surface area contributed by atoms with E-state index in [9.17, 15) is 0 Å². The summed E-state index contributed by atoms with van der Waals surface area (Å²) in [7, 11) is 0. The zero-order valence-corrected chi connectivity index (χ0v) is 14.5. The summed E-state index contributed by atoms with van der Waals surface area (Å²) in [6.45, 7) is 0.218. The van der Waals surface area contributed by atoms with Crippen LogP contribution < -0.4 is 4.74 Å². The van der Waals surface area contributed by atoms with E-state index in [1.807, 2.05) is 48.7 Å². The number of hydrogen-bond acceptors (Lipinski definition) is 2. The number of aromatic amines is 1. The minimum Gasteiger partial charge on any atom is -0.457 e. The van der Waals surface area contributed by atoms with Gasteiger partial charge in [-0.2, -0.15) is 0 Å². The van der Waals surface area contributed by atoms with Gasteiger partial charge in [-0.1, -0.05) is 36.4 Å². The maximum Gasteiger partial charge on any atom is 0.127 e.